The number of allylic oxidation sites excluding steroid dienone is 1. The Morgan fingerprint density at radius 3 is 2.63 bits per heavy atom. The fraction of sp³-hybridized carbons (Fsp3) is 0.600. The molecule has 1 aliphatic carbocycles. The van der Waals surface area contributed by atoms with E-state index in [4.69, 9.17) is 14.7 Å². The summed E-state index contributed by atoms with van der Waals surface area (Å²) in [4.78, 5) is 14.8. The van der Waals surface area contributed by atoms with Gasteiger partial charge in [0.15, 0.2) is 5.78 Å². The van der Waals surface area contributed by atoms with E-state index in [9.17, 15) is 4.79 Å². The van der Waals surface area contributed by atoms with Crippen LogP contribution >= 0.6 is 0 Å². The van der Waals surface area contributed by atoms with Crippen LogP contribution in [0.15, 0.2) is 17.7 Å². The number of ketones is 1. The zero-order valence-electron chi connectivity index (χ0n) is 18.2. The minimum Gasteiger partial charge on any atom is -0.490 e. The van der Waals surface area contributed by atoms with Crippen LogP contribution in [-0.4, -0.2) is 49.1 Å². The molecule has 0 aromatic heterocycles. The molecule has 4 rings (SSSR count). The van der Waals surface area contributed by atoms with Gasteiger partial charge >= 0.3 is 0 Å². The first-order valence-corrected chi connectivity index (χ1v) is 11.3. The summed E-state index contributed by atoms with van der Waals surface area (Å²) >= 11 is 0. The number of hydrogen-bond donors (Lipinski definition) is 0. The molecule has 5 heteroatoms. The van der Waals surface area contributed by atoms with Crippen molar-refractivity contribution in [1.82, 2.24) is 4.90 Å². The average molecular weight is 409 g/mol. The highest BCUT2D eigenvalue weighted by Crippen LogP contribution is 2.40. The van der Waals surface area contributed by atoms with Crippen molar-refractivity contribution in [3.05, 3.63) is 34.4 Å². The maximum Gasteiger partial charge on any atom is 0.173 e. The van der Waals surface area contributed by atoms with Crippen molar-refractivity contribution in [2.24, 2.45) is 0 Å². The van der Waals surface area contributed by atoms with Crippen molar-refractivity contribution >= 4 is 11.9 Å². The van der Waals surface area contributed by atoms with Gasteiger partial charge < -0.3 is 14.4 Å². The maximum atomic E-state index is 12.2. The largest absolute Gasteiger partial charge is 0.490 e. The summed E-state index contributed by atoms with van der Waals surface area (Å²) in [6, 6.07) is 6.96. The van der Waals surface area contributed by atoms with Crippen LogP contribution in [0.5, 0.6) is 5.75 Å². The highest BCUT2D eigenvalue weighted by atomic mass is 16.5. The number of carbonyl (C=O) groups excluding carboxylic acids is 1. The lowest BCUT2D eigenvalue weighted by atomic mass is 9.88. The minimum atomic E-state index is -0.0650. The van der Waals surface area contributed by atoms with Crippen molar-refractivity contribution in [2.45, 2.75) is 70.4 Å². The van der Waals surface area contributed by atoms with E-state index in [1.165, 1.54) is 11.1 Å². The fourth-order valence-corrected chi connectivity index (χ4v) is 4.87. The van der Waals surface area contributed by atoms with E-state index >= 15 is 0 Å². The summed E-state index contributed by atoms with van der Waals surface area (Å²) in [7, 11) is 0. The second kappa shape index (κ2) is 9.32. The number of likely N-dealkylation sites (tertiary alicyclic amines) is 1. The van der Waals surface area contributed by atoms with Crippen molar-refractivity contribution in [3.8, 4) is 11.8 Å². The molecule has 2 heterocycles. The van der Waals surface area contributed by atoms with Gasteiger partial charge in [0, 0.05) is 44.3 Å². The Morgan fingerprint density at radius 2 is 1.97 bits per heavy atom. The first-order valence-electron chi connectivity index (χ1n) is 11.3. The molecule has 30 heavy (non-hydrogen) atoms. The quantitative estimate of drug-likeness (QED) is 0.704. The van der Waals surface area contributed by atoms with Gasteiger partial charge in [0.1, 0.15) is 11.9 Å². The second-order valence-corrected chi connectivity index (χ2v) is 9.03. The van der Waals surface area contributed by atoms with Gasteiger partial charge in [-0.15, -0.1) is 0 Å². The van der Waals surface area contributed by atoms with Gasteiger partial charge in [-0.3, -0.25) is 4.79 Å². The zero-order valence-corrected chi connectivity index (χ0v) is 18.2. The van der Waals surface area contributed by atoms with Crippen LogP contribution in [-0.2, 0) is 16.0 Å². The summed E-state index contributed by atoms with van der Waals surface area (Å²) < 4.78 is 12.2. The Labute approximate surface area is 179 Å². The SMILES string of the molecule is CC(C)N1CCC(Oc2cc3c(cc2C2CCOCC2)CC(C(=O)CC#N)=C3)CC1. The number of carbonyl (C=O) groups is 1. The van der Waals surface area contributed by atoms with E-state index in [1.54, 1.807) is 0 Å². The first kappa shape index (κ1) is 21.1. The molecule has 0 saturated carbocycles. The van der Waals surface area contributed by atoms with E-state index in [1.807, 2.05) is 12.1 Å². The highest BCUT2D eigenvalue weighted by molar-refractivity contribution is 6.02. The molecule has 2 aliphatic heterocycles. The van der Waals surface area contributed by atoms with Crippen molar-refractivity contribution in [2.75, 3.05) is 26.3 Å². The predicted octanol–water partition coefficient (Wildman–Crippen LogP) is 4.25. The number of Topliss-reactive ketones (excluding diaryl/α,β-unsaturated/α-hetero) is 1. The predicted molar refractivity (Wildman–Crippen MR) is 117 cm³/mol. The van der Waals surface area contributed by atoms with Gasteiger partial charge in [-0.05, 0) is 74.3 Å². The molecular weight excluding hydrogens is 376 g/mol. The number of fused-ring (bicyclic) bond motifs is 1. The number of hydrogen-bond acceptors (Lipinski definition) is 5. The van der Waals surface area contributed by atoms with E-state index < -0.39 is 0 Å². The monoisotopic (exact) mass is 408 g/mol. The van der Waals surface area contributed by atoms with Crippen LogP contribution in [0.2, 0.25) is 0 Å². The van der Waals surface area contributed by atoms with Gasteiger partial charge in [0.25, 0.3) is 0 Å². The lowest BCUT2D eigenvalue weighted by molar-refractivity contribution is -0.114. The standard InChI is InChI=1S/C25H32N2O3/c1-17(2)27-9-4-22(5-10-27)30-25-16-20-14-21(24(28)3-8-26)13-19(20)15-23(25)18-6-11-29-12-7-18/h14-18,22H,3-7,9-13H2,1-2H3. The van der Waals surface area contributed by atoms with Crippen molar-refractivity contribution in [1.29, 1.82) is 5.26 Å². The molecule has 2 saturated heterocycles. The Morgan fingerprint density at radius 1 is 1.23 bits per heavy atom. The molecule has 0 N–H and O–H groups in total. The summed E-state index contributed by atoms with van der Waals surface area (Å²) in [6.07, 6.45) is 6.87. The van der Waals surface area contributed by atoms with Gasteiger partial charge in [-0.1, -0.05) is 6.07 Å². The lowest BCUT2D eigenvalue weighted by Gasteiger charge is -2.35. The van der Waals surface area contributed by atoms with Crippen LogP contribution in [0, 0.1) is 11.3 Å². The molecular formula is C25H32N2O3. The molecule has 0 unspecified atom stereocenters. The zero-order chi connectivity index (χ0) is 21.1. The molecule has 0 amide bonds. The Hall–Kier alpha value is -2.16. The van der Waals surface area contributed by atoms with Gasteiger partial charge in [0.2, 0.25) is 0 Å². The lowest BCUT2D eigenvalue weighted by Crippen LogP contribution is -2.41. The van der Waals surface area contributed by atoms with Gasteiger partial charge in [0.05, 0.1) is 12.5 Å². The summed E-state index contributed by atoms with van der Waals surface area (Å²) in [5.74, 6) is 1.35. The average Bonchev–Trinajstić information content (AvgIpc) is 3.17. The van der Waals surface area contributed by atoms with Gasteiger partial charge in [-0.2, -0.15) is 5.26 Å². The minimum absolute atomic E-state index is 0.0512. The smallest absolute Gasteiger partial charge is 0.173 e. The number of nitrogens with zero attached hydrogens (tertiary/aromatic N) is 2. The number of ether oxygens (including phenoxy) is 2. The summed E-state index contributed by atoms with van der Waals surface area (Å²) in [6.45, 7) is 8.24. The number of nitriles is 1. The van der Waals surface area contributed by atoms with Crippen molar-refractivity contribution in [3.63, 3.8) is 0 Å². The van der Waals surface area contributed by atoms with Crippen molar-refractivity contribution < 1.29 is 14.3 Å². The topological polar surface area (TPSA) is 62.6 Å². The maximum absolute atomic E-state index is 12.2. The molecule has 2 fully saturated rings. The molecule has 160 valence electrons. The highest BCUT2D eigenvalue weighted by Gasteiger charge is 2.28. The molecule has 0 atom stereocenters. The van der Waals surface area contributed by atoms with E-state index in [0.29, 0.717) is 18.4 Å². The second-order valence-electron chi connectivity index (χ2n) is 9.03. The summed E-state index contributed by atoms with van der Waals surface area (Å²) in [5, 5.41) is 8.87. The number of rotatable bonds is 6. The Kier molecular flexibility index (Phi) is 6.55. The third kappa shape index (κ3) is 4.61. The Bertz CT molecular complexity index is 854. The third-order valence-corrected chi connectivity index (χ3v) is 6.74. The van der Waals surface area contributed by atoms with Crippen LogP contribution in [0.25, 0.3) is 6.08 Å². The fourth-order valence-electron chi connectivity index (χ4n) is 4.87. The first-order chi connectivity index (χ1) is 14.5. The third-order valence-electron chi connectivity index (χ3n) is 6.74. The summed E-state index contributed by atoms with van der Waals surface area (Å²) in [5.41, 5.74) is 4.26. The van der Waals surface area contributed by atoms with Crippen LogP contribution in [0.1, 0.15) is 68.6 Å². The molecule has 0 radical (unpaired) electrons. The van der Waals surface area contributed by atoms with E-state index in [2.05, 4.69) is 30.9 Å². The van der Waals surface area contributed by atoms with Crippen LogP contribution in [0.3, 0.4) is 0 Å². The van der Waals surface area contributed by atoms with Gasteiger partial charge in [-0.25, -0.2) is 0 Å². The molecule has 3 aliphatic rings. The molecule has 0 bridgehead atoms. The normalized spacial score (nSPS) is 20.7. The van der Waals surface area contributed by atoms with E-state index in [-0.39, 0.29) is 18.3 Å². The Balaban J connectivity index is 1.57. The molecule has 5 nitrogen and oxygen atoms in total. The van der Waals surface area contributed by atoms with Crippen LogP contribution < -0.4 is 4.74 Å². The number of piperidine rings is 1. The molecule has 1 aromatic rings. The van der Waals surface area contributed by atoms with Crippen LogP contribution in [0.4, 0.5) is 0 Å². The van der Waals surface area contributed by atoms with E-state index in [0.717, 1.165) is 68.9 Å². The number of benzene rings is 1. The molecule has 1 aromatic carbocycles. The molecule has 0 spiro atoms.